The highest BCUT2D eigenvalue weighted by atomic mass is 35.5. The molecular formula is C17H12ClF3N2O2S. The summed E-state index contributed by atoms with van der Waals surface area (Å²) in [7, 11) is -3.75. The van der Waals surface area contributed by atoms with E-state index in [-0.39, 0.29) is 17.0 Å². The molecule has 0 saturated heterocycles. The van der Waals surface area contributed by atoms with E-state index in [1.54, 1.807) is 24.3 Å². The molecule has 0 aliphatic carbocycles. The zero-order valence-corrected chi connectivity index (χ0v) is 14.9. The van der Waals surface area contributed by atoms with Gasteiger partial charge in [0.15, 0.2) is 15.7 Å². The minimum atomic E-state index is -3.75. The van der Waals surface area contributed by atoms with Crippen LogP contribution in [-0.2, 0) is 9.84 Å². The van der Waals surface area contributed by atoms with Gasteiger partial charge in [-0.2, -0.15) is 0 Å². The van der Waals surface area contributed by atoms with Gasteiger partial charge in [0.05, 0.1) is 11.4 Å². The van der Waals surface area contributed by atoms with Crippen molar-refractivity contribution in [2.75, 3.05) is 6.26 Å². The van der Waals surface area contributed by atoms with E-state index in [2.05, 4.69) is 9.97 Å². The van der Waals surface area contributed by atoms with Crippen LogP contribution in [0, 0.1) is 5.82 Å². The Morgan fingerprint density at radius 1 is 1.08 bits per heavy atom. The SMILES string of the molecule is CS(=O)(=O)c1ccc(-c2nc(C(F)F)[nH]c2-c2ccc(Cl)cc2)cc1F. The van der Waals surface area contributed by atoms with E-state index in [1.807, 2.05) is 0 Å². The Morgan fingerprint density at radius 3 is 2.23 bits per heavy atom. The lowest BCUT2D eigenvalue weighted by Gasteiger charge is -2.06. The minimum Gasteiger partial charge on any atom is -0.337 e. The lowest BCUT2D eigenvalue weighted by Crippen LogP contribution is -2.00. The molecule has 4 nitrogen and oxygen atoms in total. The summed E-state index contributed by atoms with van der Waals surface area (Å²) in [5, 5.41) is 0.465. The van der Waals surface area contributed by atoms with Gasteiger partial charge in [0.2, 0.25) is 0 Å². The van der Waals surface area contributed by atoms with Gasteiger partial charge in [0.1, 0.15) is 10.7 Å². The summed E-state index contributed by atoms with van der Waals surface area (Å²) in [4.78, 5) is 5.92. The summed E-state index contributed by atoms with van der Waals surface area (Å²) in [6.45, 7) is 0. The maximum atomic E-state index is 14.2. The number of H-pyrrole nitrogens is 1. The quantitative estimate of drug-likeness (QED) is 0.679. The van der Waals surface area contributed by atoms with Gasteiger partial charge in [-0.3, -0.25) is 0 Å². The van der Waals surface area contributed by atoms with Crippen molar-refractivity contribution in [2.24, 2.45) is 0 Å². The zero-order valence-electron chi connectivity index (χ0n) is 13.3. The van der Waals surface area contributed by atoms with E-state index < -0.39 is 32.8 Å². The number of sulfone groups is 1. The summed E-state index contributed by atoms with van der Waals surface area (Å²) >= 11 is 5.84. The Labute approximate surface area is 152 Å². The summed E-state index contributed by atoms with van der Waals surface area (Å²) in [5.41, 5.74) is 1.03. The fourth-order valence-corrected chi connectivity index (χ4v) is 3.33. The first kappa shape index (κ1) is 18.5. The second kappa shape index (κ2) is 6.77. The molecule has 3 aromatic rings. The van der Waals surface area contributed by atoms with E-state index >= 15 is 0 Å². The first-order valence-corrected chi connectivity index (χ1v) is 9.57. The Morgan fingerprint density at radius 2 is 1.69 bits per heavy atom. The highest BCUT2D eigenvalue weighted by molar-refractivity contribution is 7.90. The first-order valence-electron chi connectivity index (χ1n) is 7.31. The molecule has 0 saturated carbocycles. The molecule has 0 unspecified atom stereocenters. The van der Waals surface area contributed by atoms with Gasteiger partial charge in [-0.1, -0.05) is 29.8 Å². The zero-order chi connectivity index (χ0) is 19.1. The monoisotopic (exact) mass is 400 g/mol. The maximum absolute atomic E-state index is 14.2. The summed E-state index contributed by atoms with van der Waals surface area (Å²) in [6, 6.07) is 9.74. The van der Waals surface area contributed by atoms with Crippen molar-refractivity contribution >= 4 is 21.4 Å². The molecule has 0 aliphatic rings. The van der Waals surface area contributed by atoms with Crippen molar-refractivity contribution in [2.45, 2.75) is 11.3 Å². The van der Waals surface area contributed by atoms with Crippen LogP contribution in [-0.4, -0.2) is 24.6 Å². The third kappa shape index (κ3) is 3.61. The molecule has 0 radical (unpaired) electrons. The number of hydrogen-bond donors (Lipinski definition) is 1. The maximum Gasteiger partial charge on any atom is 0.295 e. The van der Waals surface area contributed by atoms with Crippen LogP contribution in [0.5, 0.6) is 0 Å². The molecule has 136 valence electrons. The summed E-state index contributed by atoms with van der Waals surface area (Å²) in [6.07, 6.45) is -1.97. The average molecular weight is 401 g/mol. The van der Waals surface area contributed by atoms with E-state index in [0.29, 0.717) is 10.6 Å². The lowest BCUT2D eigenvalue weighted by atomic mass is 10.1. The molecule has 26 heavy (non-hydrogen) atoms. The van der Waals surface area contributed by atoms with Crippen LogP contribution >= 0.6 is 11.6 Å². The van der Waals surface area contributed by atoms with Crippen LogP contribution in [0.3, 0.4) is 0 Å². The normalized spacial score (nSPS) is 11.9. The van der Waals surface area contributed by atoms with Gasteiger partial charge in [-0.25, -0.2) is 26.6 Å². The molecule has 3 rings (SSSR count). The number of nitrogens with zero attached hydrogens (tertiary/aromatic N) is 1. The molecule has 1 heterocycles. The molecular weight excluding hydrogens is 389 g/mol. The van der Waals surface area contributed by atoms with Crippen LogP contribution in [0.25, 0.3) is 22.5 Å². The van der Waals surface area contributed by atoms with Gasteiger partial charge in [-0.15, -0.1) is 0 Å². The van der Waals surface area contributed by atoms with Gasteiger partial charge >= 0.3 is 0 Å². The molecule has 0 amide bonds. The molecule has 0 bridgehead atoms. The van der Waals surface area contributed by atoms with Crippen LogP contribution in [0.2, 0.25) is 5.02 Å². The van der Waals surface area contributed by atoms with E-state index in [0.717, 1.165) is 18.4 Å². The molecule has 9 heteroatoms. The third-order valence-corrected chi connectivity index (χ3v) is 5.05. The largest absolute Gasteiger partial charge is 0.337 e. The Hall–Kier alpha value is -2.32. The highest BCUT2D eigenvalue weighted by Crippen LogP contribution is 2.34. The number of halogens is 4. The van der Waals surface area contributed by atoms with Crippen molar-refractivity contribution in [3.8, 4) is 22.5 Å². The lowest BCUT2D eigenvalue weighted by molar-refractivity contribution is 0.141. The average Bonchev–Trinajstić information content (AvgIpc) is 3.00. The third-order valence-electron chi connectivity index (χ3n) is 3.67. The number of imidazole rings is 1. The van der Waals surface area contributed by atoms with Gasteiger partial charge in [0, 0.05) is 22.4 Å². The number of benzene rings is 2. The molecule has 1 N–H and O–H groups in total. The number of nitrogens with one attached hydrogen (secondary N) is 1. The van der Waals surface area contributed by atoms with Crippen molar-refractivity contribution in [1.82, 2.24) is 9.97 Å². The molecule has 0 spiro atoms. The van der Waals surface area contributed by atoms with E-state index in [9.17, 15) is 21.6 Å². The van der Waals surface area contributed by atoms with Crippen LogP contribution in [0.1, 0.15) is 12.2 Å². The predicted molar refractivity (Wildman–Crippen MR) is 92.5 cm³/mol. The van der Waals surface area contributed by atoms with Crippen molar-refractivity contribution < 1.29 is 21.6 Å². The Balaban J connectivity index is 2.18. The van der Waals surface area contributed by atoms with Crippen molar-refractivity contribution in [3.05, 3.63) is 59.1 Å². The van der Waals surface area contributed by atoms with Gasteiger partial charge in [-0.05, 0) is 24.3 Å². The fraction of sp³-hybridized carbons (Fsp3) is 0.118. The number of alkyl halides is 2. The van der Waals surface area contributed by atoms with Crippen molar-refractivity contribution in [1.29, 1.82) is 0 Å². The number of rotatable bonds is 4. The Bertz CT molecular complexity index is 1060. The second-order valence-corrected chi connectivity index (χ2v) is 7.99. The van der Waals surface area contributed by atoms with E-state index in [4.69, 9.17) is 11.6 Å². The van der Waals surface area contributed by atoms with Crippen LogP contribution in [0.15, 0.2) is 47.4 Å². The Kier molecular flexibility index (Phi) is 4.81. The van der Waals surface area contributed by atoms with Gasteiger partial charge < -0.3 is 4.98 Å². The topological polar surface area (TPSA) is 62.8 Å². The fourth-order valence-electron chi connectivity index (χ4n) is 2.48. The molecule has 0 atom stereocenters. The first-order chi connectivity index (χ1) is 12.2. The number of aromatic amines is 1. The second-order valence-electron chi connectivity index (χ2n) is 5.57. The molecule has 2 aromatic carbocycles. The molecule has 0 aliphatic heterocycles. The van der Waals surface area contributed by atoms with Gasteiger partial charge in [0.25, 0.3) is 6.43 Å². The molecule has 1 aromatic heterocycles. The van der Waals surface area contributed by atoms with Crippen LogP contribution in [0.4, 0.5) is 13.2 Å². The summed E-state index contributed by atoms with van der Waals surface area (Å²) in [5.74, 6) is -1.55. The summed E-state index contributed by atoms with van der Waals surface area (Å²) < 4.78 is 63.5. The number of aromatic nitrogens is 2. The molecule has 0 fully saturated rings. The standard InChI is InChI=1S/C17H12ClF3N2O2S/c1-26(24,25)13-7-4-10(8-12(13)19)15-14(22-17(23-15)16(20)21)9-2-5-11(18)6-3-9/h2-8,16H,1H3,(H,22,23). The minimum absolute atomic E-state index is 0.0848. The van der Waals surface area contributed by atoms with Crippen LogP contribution < -0.4 is 0 Å². The van der Waals surface area contributed by atoms with Crippen molar-refractivity contribution in [3.63, 3.8) is 0 Å². The smallest absolute Gasteiger partial charge is 0.295 e. The highest BCUT2D eigenvalue weighted by Gasteiger charge is 2.21. The van der Waals surface area contributed by atoms with E-state index in [1.165, 1.54) is 6.07 Å². The predicted octanol–water partition coefficient (Wildman–Crippen LogP) is 4.88. The number of hydrogen-bond acceptors (Lipinski definition) is 3.